The number of allylic oxidation sites excluding steroid dienone is 5. The van der Waals surface area contributed by atoms with Crippen molar-refractivity contribution in [1.29, 1.82) is 0 Å². The summed E-state index contributed by atoms with van der Waals surface area (Å²) in [7, 11) is 0. The average Bonchev–Trinajstić information content (AvgIpc) is 3.30. The third kappa shape index (κ3) is 48.5. The van der Waals surface area contributed by atoms with Gasteiger partial charge in [-0.2, -0.15) is 0 Å². The fourth-order valence-electron chi connectivity index (χ4n) is 8.98. The second-order valence-electron chi connectivity index (χ2n) is 19.9. The molecular weight excluding hydrogens is 787 g/mol. The van der Waals surface area contributed by atoms with Gasteiger partial charge in [0.05, 0.1) is 18.8 Å². The topological polar surface area (TPSA) is 89.8 Å². The van der Waals surface area contributed by atoms with E-state index in [4.69, 9.17) is 0 Å². The Balaban J connectivity index is 3.57. The number of amides is 1. The van der Waals surface area contributed by atoms with E-state index in [1.54, 1.807) is 6.08 Å². The molecule has 0 radical (unpaired) electrons. The van der Waals surface area contributed by atoms with Gasteiger partial charge in [-0.1, -0.05) is 294 Å². The zero-order valence-corrected chi connectivity index (χ0v) is 43.2. The van der Waals surface area contributed by atoms with E-state index in [-0.39, 0.29) is 6.61 Å². The maximum Gasteiger partial charge on any atom is 0.249 e. The smallest absolute Gasteiger partial charge is 0.249 e. The molecule has 3 atom stereocenters. The summed E-state index contributed by atoms with van der Waals surface area (Å²) in [6.07, 6.45) is 70.8. The molecule has 0 heterocycles. The molecule has 0 aliphatic carbocycles. The highest BCUT2D eigenvalue weighted by atomic mass is 16.3. The first-order valence-electron chi connectivity index (χ1n) is 28.8. The van der Waals surface area contributed by atoms with Gasteiger partial charge in [0, 0.05) is 0 Å². The number of aliphatic hydroxyl groups is 3. The second kappa shape index (κ2) is 54.2. The lowest BCUT2D eigenvalue weighted by molar-refractivity contribution is -0.131. The van der Waals surface area contributed by atoms with Crippen LogP contribution in [0.4, 0.5) is 0 Å². The molecule has 0 aliphatic heterocycles. The highest BCUT2D eigenvalue weighted by Crippen LogP contribution is 2.17. The summed E-state index contributed by atoms with van der Waals surface area (Å²) in [4.78, 5) is 12.6. The van der Waals surface area contributed by atoms with Crippen molar-refractivity contribution in [2.75, 3.05) is 6.61 Å². The SMILES string of the molecule is CCCCCCCCCCC/C=C\C/C=C\CCCCCCCCCCCCCCC(O)C(=O)NC(CO)C(O)/C=C/CCCCCCCCCCCCCCCCCCCCCC. The molecule has 0 saturated heterocycles. The maximum absolute atomic E-state index is 12.6. The van der Waals surface area contributed by atoms with Crippen LogP contribution in [0, 0.1) is 0 Å². The maximum atomic E-state index is 12.6. The van der Waals surface area contributed by atoms with Crippen LogP contribution in [-0.2, 0) is 4.79 Å². The first-order chi connectivity index (χ1) is 31.6. The van der Waals surface area contributed by atoms with Gasteiger partial charge in [0.15, 0.2) is 0 Å². The van der Waals surface area contributed by atoms with E-state index < -0.39 is 24.2 Å². The summed E-state index contributed by atoms with van der Waals surface area (Å²) < 4.78 is 0. The van der Waals surface area contributed by atoms with Crippen molar-refractivity contribution in [2.45, 2.75) is 327 Å². The van der Waals surface area contributed by atoms with Crippen molar-refractivity contribution in [3.8, 4) is 0 Å². The number of aliphatic hydroxyl groups excluding tert-OH is 3. The number of rotatable bonds is 53. The zero-order valence-electron chi connectivity index (χ0n) is 43.2. The monoisotopic (exact) mass is 900 g/mol. The van der Waals surface area contributed by atoms with Crippen LogP contribution in [-0.4, -0.2) is 46.1 Å². The van der Waals surface area contributed by atoms with Gasteiger partial charge in [-0.15, -0.1) is 0 Å². The molecule has 0 saturated carbocycles. The molecule has 0 aromatic carbocycles. The molecule has 0 aliphatic rings. The van der Waals surface area contributed by atoms with Crippen molar-refractivity contribution < 1.29 is 20.1 Å². The van der Waals surface area contributed by atoms with E-state index in [1.807, 2.05) is 6.08 Å². The Morgan fingerprint density at radius 2 is 0.672 bits per heavy atom. The molecule has 4 N–H and O–H groups in total. The lowest BCUT2D eigenvalue weighted by Gasteiger charge is -2.21. The highest BCUT2D eigenvalue weighted by molar-refractivity contribution is 5.80. The van der Waals surface area contributed by atoms with E-state index >= 15 is 0 Å². The van der Waals surface area contributed by atoms with Crippen LogP contribution in [0.15, 0.2) is 36.5 Å². The summed E-state index contributed by atoms with van der Waals surface area (Å²) >= 11 is 0. The van der Waals surface area contributed by atoms with Gasteiger partial charge in [0.2, 0.25) is 5.91 Å². The largest absolute Gasteiger partial charge is 0.394 e. The zero-order chi connectivity index (χ0) is 46.5. The number of hydrogen-bond donors (Lipinski definition) is 4. The normalized spacial score (nSPS) is 13.5. The predicted octanol–water partition coefficient (Wildman–Crippen LogP) is 17.8. The molecule has 0 aromatic heterocycles. The van der Waals surface area contributed by atoms with Crippen LogP contribution in [0.5, 0.6) is 0 Å². The molecule has 0 bridgehead atoms. The van der Waals surface area contributed by atoms with Crippen LogP contribution in [0.25, 0.3) is 0 Å². The summed E-state index contributed by atoms with van der Waals surface area (Å²) in [6, 6.07) is -0.799. The number of hydrogen-bond acceptors (Lipinski definition) is 4. The van der Waals surface area contributed by atoms with Crippen molar-refractivity contribution in [3.63, 3.8) is 0 Å². The molecule has 378 valence electrons. The lowest BCUT2D eigenvalue weighted by Crippen LogP contribution is -2.48. The molecule has 0 rings (SSSR count). The Hall–Kier alpha value is -1.43. The van der Waals surface area contributed by atoms with Crippen LogP contribution in [0.3, 0.4) is 0 Å². The van der Waals surface area contributed by atoms with Gasteiger partial charge in [0.1, 0.15) is 6.10 Å². The molecule has 5 heteroatoms. The van der Waals surface area contributed by atoms with E-state index in [1.165, 1.54) is 250 Å². The Bertz CT molecular complexity index is 993. The summed E-state index contributed by atoms with van der Waals surface area (Å²) in [5.74, 6) is -0.500. The lowest BCUT2D eigenvalue weighted by atomic mass is 10.0. The van der Waals surface area contributed by atoms with E-state index in [0.29, 0.717) is 6.42 Å². The third-order valence-electron chi connectivity index (χ3n) is 13.5. The van der Waals surface area contributed by atoms with E-state index in [0.717, 1.165) is 38.5 Å². The van der Waals surface area contributed by atoms with Gasteiger partial charge in [0.25, 0.3) is 0 Å². The first kappa shape index (κ1) is 62.6. The van der Waals surface area contributed by atoms with E-state index in [9.17, 15) is 20.1 Å². The molecule has 3 unspecified atom stereocenters. The van der Waals surface area contributed by atoms with Gasteiger partial charge in [-0.05, 0) is 51.4 Å². The van der Waals surface area contributed by atoms with Crippen molar-refractivity contribution in [2.24, 2.45) is 0 Å². The van der Waals surface area contributed by atoms with Crippen LogP contribution in [0.2, 0.25) is 0 Å². The van der Waals surface area contributed by atoms with Gasteiger partial charge >= 0.3 is 0 Å². The summed E-state index contributed by atoms with van der Waals surface area (Å²) in [6.45, 7) is 4.21. The molecule has 64 heavy (non-hydrogen) atoms. The van der Waals surface area contributed by atoms with Crippen LogP contribution >= 0.6 is 0 Å². The Kier molecular flexibility index (Phi) is 53.0. The molecule has 0 spiro atoms. The molecule has 0 aromatic rings. The summed E-state index contributed by atoms with van der Waals surface area (Å²) in [5.41, 5.74) is 0. The fraction of sp³-hybridized carbons (Fsp3) is 0.881. The van der Waals surface area contributed by atoms with Gasteiger partial charge in [-0.25, -0.2) is 0 Å². The highest BCUT2D eigenvalue weighted by Gasteiger charge is 2.22. The molecular formula is C59H113NO4. The minimum Gasteiger partial charge on any atom is -0.394 e. The molecule has 1 amide bonds. The number of carbonyl (C=O) groups is 1. The predicted molar refractivity (Wildman–Crippen MR) is 282 cm³/mol. The fourth-order valence-corrected chi connectivity index (χ4v) is 8.98. The molecule has 5 nitrogen and oxygen atoms in total. The quantitative estimate of drug-likeness (QED) is 0.0362. The number of carbonyl (C=O) groups excluding carboxylic acids is 1. The standard InChI is InChI=1S/C59H113NO4/c1-3-5-7-9-11-13-15-17-19-21-23-25-27-28-29-30-31-32-34-36-38-40-42-44-46-48-50-52-54-58(63)59(64)60-56(55-61)57(62)53-51-49-47-45-43-41-39-37-35-33-26-24-22-20-18-16-14-12-10-8-6-4-2/h23,25,28-29,51,53,56-58,61-63H,3-22,24,26-27,30-50,52,54-55H2,1-2H3,(H,60,64)/b25-23-,29-28-,53-51+. The Labute approximate surface area is 400 Å². The molecule has 0 fully saturated rings. The van der Waals surface area contributed by atoms with Crippen molar-refractivity contribution >= 4 is 5.91 Å². The summed E-state index contributed by atoms with van der Waals surface area (Å²) in [5, 5.41) is 33.4. The average molecular weight is 901 g/mol. The minimum atomic E-state index is -1.10. The minimum absolute atomic E-state index is 0.362. The first-order valence-corrected chi connectivity index (χ1v) is 28.8. The van der Waals surface area contributed by atoms with Crippen molar-refractivity contribution in [3.05, 3.63) is 36.5 Å². The van der Waals surface area contributed by atoms with Crippen LogP contribution < -0.4 is 5.32 Å². The van der Waals surface area contributed by atoms with E-state index in [2.05, 4.69) is 43.5 Å². The number of unbranched alkanes of at least 4 members (excludes halogenated alkanes) is 41. The Morgan fingerprint density at radius 1 is 0.391 bits per heavy atom. The number of nitrogens with one attached hydrogen (secondary N) is 1. The van der Waals surface area contributed by atoms with Gasteiger partial charge in [-0.3, -0.25) is 4.79 Å². The Morgan fingerprint density at radius 3 is 0.984 bits per heavy atom. The van der Waals surface area contributed by atoms with Crippen molar-refractivity contribution in [1.82, 2.24) is 5.32 Å². The van der Waals surface area contributed by atoms with Crippen LogP contribution in [0.1, 0.15) is 309 Å². The third-order valence-corrected chi connectivity index (χ3v) is 13.5. The van der Waals surface area contributed by atoms with Gasteiger partial charge < -0.3 is 20.6 Å². The second-order valence-corrected chi connectivity index (χ2v) is 19.9.